The Hall–Kier alpha value is -1.65. The molecule has 2 atom stereocenters. The van der Waals surface area contributed by atoms with Crippen LogP contribution >= 0.6 is 24.0 Å². The van der Waals surface area contributed by atoms with Gasteiger partial charge in [0, 0.05) is 18.3 Å². The summed E-state index contributed by atoms with van der Waals surface area (Å²) in [7, 11) is -3.20. The number of sulfonamides is 1. The zero-order valence-corrected chi connectivity index (χ0v) is 20.6. The lowest BCUT2D eigenvalue weighted by molar-refractivity contribution is 0.440. The molecule has 2 unspecified atom stereocenters. The molecule has 1 saturated carbocycles. The van der Waals surface area contributed by atoms with E-state index < -0.39 is 10.0 Å². The molecule has 0 amide bonds. The molecule has 30 heavy (non-hydrogen) atoms. The van der Waals surface area contributed by atoms with Crippen molar-refractivity contribution >= 4 is 45.6 Å². The summed E-state index contributed by atoms with van der Waals surface area (Å²) in [6, 6.07) is 18.2. The zero-order valence-electron chi connectivity index (χ0n) is 17.5. The average Bonchev–Trinajstić information content (AvgIpc) is 3.11. The third-order valence-electron chi connectivity index (χ3n) is 5.13. The van der Waals surface area contributed by atoms with E-state index in [9.17, 15) is 8.42 Å². The second-order valence-electron chi connectivity index (χ2n) is 7.71. The van der Waals surface area contributed by atoms with Gasteiger partial charge in [0.05, 0.1) is 12.8 Å². The standard InChI is InChI=1S/C22H30N4O2S.HI/c1-17-11-13-18(14-12-17)15-23-22(25-20-8-4-3-5-9-20)24-16-19-7-6-10-21(19)26-29(2,27)28;/h3-5,8-9,11-14,19,21,26H,6-7,10,15-16H2,1-2H3,(H2,23,24,25);1H. The van der Waals surface area contributed by atoms with Crippen molar-refractivity contribution in [2.45, 2.75) is 38.8 Å². The number of benzene rings is 2. The quantitative estimate of drug-likeness (QED) is 0.282. The van der Waals surface area contributed by atoms with Crippen LogP contribution in [0.5, 0.6) is 0 Å². The highest BCUT2D eigenvalue weighted by atomic mass is 127. The number of aryl methyl sites for hydroxylation is 1. The van der Waals surface area contributed by atoms with Crippen molar-refractivity contribution in [3.05, 3.63) is 65.7 Å². The number of hydrogen-bond acceptors (Lipinski definition) is 3. The Bertz CT molecular complexity index is 918. The number of nitrogens with one attached hydrogen (secondary N) is 3. The topological polar surface area (TPSA) is 82.6 Å². The number of halogens is 1. The fraction of sp³-hybridized carbons (Fsp3) is 0.409. The molecule has 0 spiro atoms. The van der Waals surface area contributed by atoms with E-state index in [1.807, 2.05) is 30.3 Å². The van der Waals surface area contributed by atoms with Crippen LogP contribution < -0.4 is 15.4 Å². The van der Waals surface area contributed by atoms with Crippen LogP contribution in [0.4, 0.5) is 5.69 Å². The van der Waals surface area contributed by atoms with E-state index in [0.717, 1.165) is 30.5 Å². The first-order chi connectivity index (χ1) is 13.9. The van der Waals surface area contributed by atoms with Crippen molar-refractivity contribution in [1.82, 2.24) is 10.0 Å². The third-order valence-corrected chi connectivity index (χ3v) is 5.86. The Balaban J connectivity index is 0.00000320. The molecule has 0 aromatic heterocycles. The largest absolute Gasteiger partial charge is 0.356 e. The van der Waals surface area contributed by atoms with Gasteiger partial charge in [-0.05, 0) is 43.4 Å². The molecule has 0 radical (unpaired) electrons. The molecule has 8 heteroatoms. The second-order valence-corrected chi connectivity index (χ2v) is 9.49. The van der Waals surface area contributed by atoms with Crippen LogP contribution in [-0.4, -0.2) is 33.2 Å². The normalized spacial score (nSPS) is 19.2. The predicted octanol–water partition coefficient (Wildman–Crippen LogP) is 3.89. The summed E-state index contributed by atoms with van der Waals surface area (Å²) in [5, 5.41) is 6.76. The highest BCUT2D eigenvalue weighted by molar-refractivity contribution is 14.0. The average molecular weight is 542 g/mol. The molecular formula is C22H31IN4O2S. The number of hydrogen-bond donors (Lipinski definition) is 3. The van der Waals surface area contributed by atoms with Gasteiger partial charge >= 0.3 is 0 Å². The minimum Gasteiger partial charge on any atom is -0.356 e. The predicted molar refractivity (Wildman–Crippen MR) is 135 cm³/mol. The van der Waals surface area contributed by atoms with Crippen molar-refractivity contribution in [3.63, 3.8) is 0 Å². The van der Waals surface area contributed by atoms with Crippen LogP contribution in [0.25, 0.3) is 0 Å². The lowest BCUT2D eigenvalue weighted by Crippen LogP contribution is -2.43. The molecule has 1 aliphatic carbocycles. The first-order valence-corrected chi connectivity index (χ1v) is 11.9. The van der Waals surface area contributed by atoms with Gasteiger partial charge in [0.1, 0.15) is 0 Å². The molecule has 0 bridgehead atoms. The Labute approximate surface area is 197 Å². The molecule has 3 N–H and O–H groups in total. The van der Waals surface area contributed by atoms with Gasteiger partial charge in [-0.2, -0.15) is 0 Å². The maximum absolute atomic E-state index is 11.6. The number of nitrogens with zero attached hydrogens (tertiary/aromatic N) is 1. The van der Waals surface area contributed by atoms with E-state index in [-0.39, 0.29) is 35.9 Å². The maximum Gasteiger partial charge on any atom is 0.208 e. The molecule has 1 fully saturated rings. The fourth-order valence-electron chi connectivity index (χ4n) is 3.60. The monoisotopic (exact) mass is 542 g/mol. The van der Waals surface area contributed by atoms with Gasteiger partial charge in [0.25, 0.3) is 0 Å². The summed E-state index contributed by atoms with van der Waals surface area (Å²) < 4.78 is 26.0. The Morgan fingerprint density at radius 3 is 2.43 bits per heavy atom. The first kappa shape index (κ1) is 24.6. The van der Waals surface area contributed by atoms with Crippen molar-refractivity contribution in [2.75, 3.05) is 18.1 Å². The van der Waals surface area contributed by atoms with Crippen molar-refractivity contribution < 1.29 is 8.42 Å². The molecule has 1 aliphatic rings. The van der Waals surface area contributed by atoms with Gasteiger partial charge in [-0.25, -0.2) is 18.1 Å². The third kappa shape index (κ3) is 8.23. The van der Waals surface area contributed by atoms with Gasteiger partial charge in [0.2, 0.25) is 10.0 Å². The molecule has 2 aromatic rings. The first-order valence-electron chi connectivity index (χ1n) is 10.0. The molecule has 164 valence electrons. The van der Waals surface area contributed by atoms with Crippen LogP contribution in [0.3, 0.4) is 0 Å². The van der Waals surface area contributed by atoms with Crippen LogP contribution in [0.1, 0.15) is 30.4 Å². The van der Waals surface area contributed by atoms with E-state index >= 15 is 0 Å². The maximum atomic E-state index is 11.6. The summed E-state index contributed by atoms with van der Waals surface area (Å²) in [5.41, 5.74) is 3.33. The molecule has 3 rings (SSSR count). The number of anilines is 1. The molecular weight excluding hydrogens is 511 g/mol. The highest BCUT2D eigenvalue weighted by Crippen LogP contribution is 2.25. The van der Waals surface area contributed by atoms with E-state index in [2.05, 4.69) is 46.5 Å². The summed E-state index contributed by atoms with van der Waals surface area (Å²) >= 11 is 0. The summed E-state index contributed by atoms with van der Waals surface area (Å²) in [4.78, 5) is 4.74. The Morgan fingerprint density at radius 1 is 1.07 bits per heavy atom. The van der Waals surface area contributed by atoms with Crippen LogP contribution in [0.2, 0.25) is 0 Å². The van der Waals surface area contributed by atoms with E-state index in [4.69, 9.17) is 4.99 Å². The van der Waals surface area contributed by atoms with Gasteiger partial charge in [-0.1, -0.05) is 54.4 Å². The Kier molecular flexibility index (Phi) is 9.57. The van der Waals surface area contributed by atoms with Crippen molar-refractivity contribution in [1.29, 1.82) is 0 Å². The van der Waals surface area contributed by atoms with Gasteiger partial charge in [-0.15, -0.1) is 24.0 Å². The van der Waals surface area contributed by atoms with E-state index in [0.29, 0.717) is 19.0 Å². The highest BCUT2D eigenvalue weighted by Gasteiger charge is 2.29. The van der Waals surface area contributed by atoms with Crippen molar-refractivity contribution in [3.8, 4) is 0 Å². The molecule has 0 heterocycles. The molecule has 0 aliphatic heterocycles. The smallest absolute Gasteiger partial charge is 0.208 e. The van der Waals surface area contributed by atoms with Gasteiger partial charge in [-0.3, -0.25) is 0 Å². The number of rotatable bonds is 7. The van der Waals surface area contributed by atoms with Crippen LogP contribution in [-0.2, 0) is 16.6 Å². The lowest BCUT2D eigenvalue weighted by atomic mass is 10.1. The van der Waals surface area contributed by atoms with Crippen LogP contribution in [0.15, 0.2) is 59.6 Å². The van der Waals surface area contributed by atoms with Crippen molar-refractivity contribution in [2.24, 2.45) is 10.9 Å². The molecule has 6 nitrogen and oxygen atoms in total. The van der Waals surface area contributed by atoms with Gasteiger partial charge < -0.3 is 10.6 Å². The second kappa shape index (κ2) is 11.7. The minimum atomic E-state index is -3.20. The zero-order chi connectivity index (χ0) is 20.7. The summed E-state index contributed by atoms with van der Waals surface area (Å²) in [5.74, 6) is 0.939. The summed E-state index contributed by atoms with van der Waals surface area (Å²) in [6.45, 7) is 3.30. The lowest BCUT2D eigenvalue weighted by Gasteiger charge is -2.22. The molecule has 0 saturated heterocycles. The minimum absolute atomic E-state index is 0. The Morgan fingerprint density at radius 2 is 1.77 bits per heavy atom. The van der Waals surface area contributed by atoms with E-state index in [1.54, 1.807) is 0 Å². The molecule has 2 aromatic carbocycles. The van der Waals surface area contributed by atoms with Crippen LogP contribution in [0, 0.1) is 12.8 Å². The number of guanidine groups is 1. The summed E-state index contributed by atoms with van der Waals surface area (Å²) in [6.07, 6.45) is 4.13. The van der Waals surface area contributed by atoms with E-state index in [1.165, 1.54) is 11.8 Å². The SMILES string of the molecule is Cc1ccc(CN=C(NCC2CCCC2NS(C)(=O)=O)Nc2ccccc2)cc1.I. The fourth-order valence-corrected chi connectivity index (χ4v) is 4.46. The number of para-hydroxylation sites is 1. The number of aliphatic imine (C=N–C) groups is 1. The van der Waals surface area contributed by atoms with Gasteiger partial charge in [0.15, 0.2) is 5.96 Å².